The maximum Gasteiger partial charge on any atom is 0.360 e. The van der Waals surface area contributed by atoms with E-state index in [1.165, 1.54) is 32.8 Å². The van der Waals surface area contributed by atoms with Crippen LogP contribution in [0.2, 0.25) is 0 Å². The molecule has 0 saturated heterocycles. The number of imidazole rings is 1. The van der Waals surface area contributed by atoms with Gasteiger partial charge in [0.2, 0.25) is 0 Å². The van der Waals surface area contributed by atoms with Crippen molar-refractivity contribution in [2.45, 2.75) is 45.6 Å². The van der Waals surface area contributed by atoms with Gasteiger partial charge >= 0.3 is 5.97 Å². The number of ether oxygens (including phenoxy) is 1. The molecule has 5 heteroatoms. The van der Waals surface area contributed by atoms with Crippen LogP contribution in [-0.2, 0) is 17.7 Å². The first-order chi connectivity index (χ1) is 9.63. The summed E-state index contributed by atoms with van der Waals surface area (Å²) in [5.74, 6) is 3.38. The SMILES string of the molecule is CCc1nc(C(=O)OC)c(N)n1CC1CC2CCC1C2. The molecule has 1 heterocycles. The van der Waals surface area contributed by atoms with Crippen LogP contribution in [0.5, 0.6) is 0 Å². The molecular weight excluding hydrogens is 254 g/mol. The fraction of sp³-hybridized carbons (Fsp3) is 0.733. The Kier molecular flexibility index (Phi) is 3.44. The molecule has 3 unspecified atom stereocenters. The standard InChI is InChI=1S/C15H23N3O2/c1-3-12-17-13(15(19)20-2)14(16)18(12)8-11-7-9-4-5-10(11)6-9/h9-11H,3-8,16H2,1-2H3. The van der Waals surface area contributed by atoms with Crippen molar-refractivity contribution in [3.05, 3.63) is 11.5 Å². The highest BCUT2D eigenvalue weighted by Crippen LogP contribution is 2.49. The third kappa shape index (κ3) is 2.09. The molecule has 2 saturated carbocycles. The van der Waals surface area contributed by atoms with Gasteiger partial charge in [0.1, 0.15) is 11.6 Å². The number of hydrogen-bond donors (Lipinski definition) is 1. The molecule has 0 aliphatic heterocycles. The van der Waals surface area contributed by atoms with Crippen LogP contribution in [0.25, 0.3) is 0 Å². The Morgan fingerprint density at radius 1 is 1.45 bits per heavy atom. The zero-order valence-corrected chi connectivity index (χ0v) is 12.3. The van der Waals surface area contributed by atoms with E-state index in [-0.39, 0.29) is 5.69 Å². The summed E-state index contributed by atoms with van der Waals surface area (Å²) in [5, 5.41) is 0. The number of nitrogens with zero attached hydrogens (tertiary/aromatic N) is 2. The minimum Gasteiger partial charge on any atom is -0.464 e. The number of esters is 1. The molecular formula is C15H23N3O2. The van der Waals surface area contributed by atoms with E-state index in [9.17, 15) is 4.79 Å². The van der Waals surface area contributed by atoms with Gasteiger partial charge in [-0.1, -0.05) is 13.3 Å². The number of nitrogens with two attached hydrogens (primary N) is 1. The molecule has 1 aromatic heterocycles. The van der Waals surface area contributed by atoms with E-state index < -0.39 is 5.97 Å². The largest absolute Gasteiger partial charge is 0.464 e. The monoisotopic (exact) mass is 277 g/mol. The van der Waals surface area contributed by atoms with Gasteiger partial charge in [0.15, 0.2) is 5.69 Å². The first-order valence-electron chi connectivity index (χ1n) is 7.57. The third-order valence-electron chi connectivity index (χ3n) is 5.08. The van der Waals surface area contributed by atoms with E-state index in [1.807, 2.05) is 11.5 Å². The molecule has 0 spiro atoms. The second-order valence-corrected chi connectivity index (χ2v) is 6.15. The summed E-state index contributed by atoms with van der Waals surface area (Å²) in [6.45, 7) is 2.94. The minimum absolute atomic E-state index is 0.271. The third-order valence-corrected chi connectivity index (χ3v) is 5.08. The minimum atomic E-state index is -0.441. The van der Waals surface area contributed by atoms with E-state index in [0.29, 0.717) is 11.7 Å². The average molecular weight is 277 g/mol. The number of carbonyl (C=O) groups is 1. The molecule has 0 aromatic carbocycles. The van der Waals surface area contributed by atoms with Crippen LogP contribution in [0, 0.1) is 17.8 Å². The number of nitrogen functional groups attached to an aromatic ring is 1. The lowest BCUT2D eigenvalue weighted by Crippen LogP contribution is -2.20. The number of aryl methyl sites for hydroxylation is 1. The highest BCUT2D eigenvalue weighted by Gasteiger charge is 2.40. The predicted octanol–water partition coefficient (Wildman–Crippen LogP) is 2.25. The van der Waals surface area contributed by atoms with Crippen LogP contribution in [-0.4, -0.2) is 22.6 Å². The average Bonchev–Trinajstić information content (AvgIpc) is 3.14. The van der Waals surface area contributed by atoms with Crippen molar-refractivity contribution in [1.82, 2.24) is 9.55 Å². The molecule has 2 fully saturated rings. The summed E-state index contributed by atoms with van der Waals surface area (Å²) >= 11 is 0. The number of methoxy groups -OCH3 is 1. The van der Waals surface area contributed by atoms with Crippen molar-refractivity contribution in [1.29, 1.82) is 0 Å². The zero-order valence-electron chi connectivity index (χ0n) is 12.3. The van der Waals surface area contributed by atoms with Crippen molar-refractivity contribution in [3.8, 4) is 0 Å². The molecule has 20 heavy (non-hydrogen) atoms. The number of anilines is 1. The lowest BCUT2D eigenvalue weighted by Gasteiger charge is -2.23. The van der Waals surface area contributed by atoms with E-state index in [4.69, 9.17) is 10.5 Å². The van der Waals surface area contributed by atoms with Crippen molar-refractivity contribution in [2.75, 3.05) is 12.8 Å². The van der Waals surface area contributed by atoms with Crippen LogP contribution < -0.4 is 5.73 Å². The molecule has 2 N–H and O–H groups in total. The molecule has 3 atom stereocenters. The smallest absolute Gasteiger partial charge is 0.360 e. The van der Waals surface area contributed by atoms with Crippen LogP contribution >= 0.6 is 0 Å². The second-order valence-electron chi connectivity index (χ2n) is 6.15. The predicted molar refractivity (Wildman–Crippen MR) is 76.3 cm³/mol. The van der Waals surface area contributed by atoms with Gasteiger partial charge in [-0.2, -0.15) is 0 Å². The first-order valence-corrected chi connectivity index (χ1v) is 7.57. The van der Waals surface area contributed by atoms with Gasteiger partial charge in [-0.25, -0.2) is 9.78 Å². The lowest BCUT2D eigenvalue weighted by atomic mass is 9.89. The van der Waals surface area contributed by atoms with Crippen molar-refractivity contribution in [3.63, 3.8) is 0 Å². The Balaban J connectivity index is 1.85. The summed E-state index contributed by atoms with van der Waals surface area (Å²) in [5.41, 5.74) is 6.40. The van der Waals surface area contributed by atoms with E-state index in [0.717, 1.165) is 30.6 Å². The van der Waals surface area contributed by atoms with Gasteiger partial charge < -0.3 is 15.0 Å². The van der Waals surface area contributed by atoms with Gasteiger partial charge in [-0.05, 0) is 37.0 Å². The Morgan fingerprint density at radius 2 is 2.25 bits per heavy atom. The molecule has 2 bridgehead atoms. The summed E-state index contributed by atoms with van der Waals surface area (Å²) < 4.78 is 6.79. The summed E-state index contributed by atoms with van der Waals surface area (Å²) in [6, 6.07) is 0. The maximum atomic E-state index is 11.7. The molecule has 0 radical (unpaired) electrons. The second kappa shape index (κ2) is 5.11. The summed E-state index contributed by atoms with van der Waals surface area (Å²) in [6.07, 6.45) is 6.22. The fourth-order valence-electron chi connectivity index (χ4n) is 4.07. The summed E-state index contributed by atoms with van der Waals surface area (Å²) in [4.78, 5) is 16.1. The quantitative estimate of drug-likeness (QED) is 0.857. The Morgan fingerprint density at radius 3 is 2.80 bits per heavy atom. The van der Waals surface area contributed by atoms with Crippen molar-refractivity contribution < 1.29 is 9.53 Å². The van der Waals surface area contributed by atoms with Gasteiger partial charge in [-0.3, -0.25) is 0 Å². The Bertz CT molecular complexity index is 523. The zero-order chi connectivity index (χ0) is 14.3. The highest BCUT2D eigenvalue weighted by molar-refractivity contribution is 5.92. The Hall–Kier alpha value is -1.52. The topological polar surface area (TPSA) is 70.1 Å². The fourth-order valence-corrected chi connectivity index (χ4v) is 4.07. The van der Waals surface area contributed by atoms with Gasteiger partial charge in [0, 0.05) is 13.0 Å². The summed E-state index contributed by atoms with van der Waals surface area (Å²) in [7, 11) is 1.36. The van der Waals surface area contributed by atoms with E-state index in [2.05, 4.69) is 4.98 Å². The first kappa shape index (κ1) is 13.5. The number of fused-ring (bicyclic) bond motifs is 2. The van der Waals surface area contributed by atoms with Gasteiger partial charge in [-0.15, -0.1) is 0 Å². The number of aromatic nitrogens is 2. The van der Waals surface area contributed by atoms with Crippen LogP contribution in [0.15, 0.2) is 0 Å². The lowest BCUT2D eigenvalue weighted by molar-refractivity contribution is 0.0595. The van der Waals surface area contributed by atoms with Gasteiger partial charge in [0.05, 0.1) is 7.11 Å². The van der Waals surface area contributed by atoms with Crippen LogP contribution in [0.3, 0.4) is 0 Å². The number of carbonyl (C=O) groups excluding carboxylic acids is 1. The van der Waals surface area contributed by atoms with E-state index >= 15 is 0 Å². The molecule has 110 valence electrons. The Labute approximate surface area is 119 Å². The highest BCUT2D eigenvalue weighted by atomic mass is 16.5. The molecule has 1 aromatic rings. The van der Waals surface area contributed by atoms with Crippen molar-refractivity contribution in [2.24, 2.45) is 17.8 Å². The number of rotatable bonds is 4. The molecule has 0 amide bonds. The molecule has 2 aliphatic rings. The number of hydrogen-bond acceptors (Lipinski definition) is 4. The molecule has 5 nitrogen and oxygen atoms in total. The van der Waals surface area contributed by atoms with Crippen LogP contribution in [0.4, 0.5) is 5.82 Å². The molecule has 2 aliphatic carbocycles. The normalized spacial score (nSPS) is 28.0. The molecule has 3 rings (SSSR count). The van der Waals surface area contributed by atoms with Crippen molar-refractivity contribution >= 4 is 11.8 Å². The van der Waals surface area contributed by atoms with Crippen LogP contribution in [0.1, 0.15) is 48.9 Å². The van der Waals surface area contributed by atoms with Gasteiger partial charge in [0.25, 0.3) is 0 Å². The maximum absolute atomic E-state index is 11.7. The van der Waals surface area contributed by atoms with E-state index in [1.54, 1.807) is 0 Å².